The van der Waals surface area contributed by atoms with Gasteiger partial charge in [0.15, 0.2) is 0 Å². The highest BCUT2D eigenvalue weighted by Gasteiger charge is 2.00. The van der Waals surface area contributed by atoms with Crippen molar-refractivity contribution in [3.05, 3.63) is 53.6 Å². The van der Waals surface area contributed by atoms with Crippen LogP contribution in [0.3, 0.4) is 0 Å². The van der Waals surface area contributed by atoms with E-state index in [4.69, 9.17) is 5.73 Å². The first-order chi connectivity index (χ1) is 8.15. The van der Waals surface area contributed by atoms with Crippen molar-refractivity contribution in [3.8, 4) is 5.75 Å². The molecule has 0 aliphatic heterocycles. The molecule has 3 N–H and O–H groups in total. The average Bonchev–Trinajstić information content (AvgIpc) is 2.31. The monoisotopic (exact) mass is 245 g/mol. The van der Waals surface area contributed by atoms with Crippen molar-refractivity contribution >= 4 is 17.4 Å². The number of phenolic OH excluding ortho intramolecular Hbond substituents is 1. The lowest BCUT2D eigenvalue weighted by atomic mass is 10.2. The fraction of sp³-hybridized carbons (Fsp3) is 0.143. The highest BCUT2D eigenvalue weighted by molar-refractivity contribution is 7.98. The maximum Gasteiger partial charge on any atom is 0.138 e. The molecule has 0 aliphatic carbocycles. The van der Waals surface area contributed by atoms with Crippen LogP contribution in [-0.2, 0) is 5.75 Å². The van der Waals surface area contributed by atoms with Gasteiger partial charge in [-0.25, -0.2) is 0 Å². The van der Waals surface area contributed by atoms with Crippen LogP contribution in [-0.4, -0.2) is 5.11 Å². The Hall–Kier alpha value is -1.61. The van der Waals surface area contributed by atoms with Crippen LogP contribution in [0.4, 0.5) is 5.69 Å². The van der Waals surface area contributed by atoms with Crippen LogP contribution < -0.4 is 5.73 Å². The number of nitrogen functional groups attached to an aromatic ring is 1. The molecule has 0 bridgehead atoms. The molecule has 88 valence electrons. The van der Waals surface area contributed by atoms with E-state index in [9.17, 15) is 5.11 Å². The Morgan fingerprint density at radius 2 is 2.00 bits per heavy atom. The molecular weight excluding hydrogens is 230 g/mol. The summed E-state index contributed by atoms with van der Waals surface area (Å²) in [5.74, 6) is 1.00. The van der Waals surface area contributed by atoms with Gasteiger partial charge in [0.1, 0.15) is 5.75 Å². The number of nitrogens with two attached hydrogens (primary N) is 1. The number of phenols is 1. The molecule has 2 nitrogen and oxygen atoms in total. The molecule has 0 amide bonds. The van der Waals surface area contributed by atoms with Crippen LogP contribution in [0.5, 0.6) is 5.75 Å². The number of aryl methyl sites for hydroxylation is 1. The van der Waals surface area contributed by atoms with Gasteiger partial charge in [0, 0.05) is 10.6 Å². The van der Waals surface area contributed by atoms with Gasteiger partial charge in [0.25, 0.3) is 0 Å². The van der Waals surface area contributed by atoms with Gasteiger partial charge in [0.05, 0.1) is 5.69 Å². The fourth-order valence-electron chi connectivity index (χ4n) is 1.57. The van der Waals surface area contributed by atoms with E-state index < -0.39 is 0 Å². The smallest absolute Gasteiger partial charge is 0.138 e. The molecule has 2 rings (SSSR count). The van der Waals surface area contributed by atoms with E-state index in [2.05, 4.69) is 31.2 Å². The molecule has 17 heavy (non-hydrogen) atoms. The van der Waals surface area contributed by atoms with E-state index in [1.54, 1.807) is 17.8 Å². The zero-order valence-electron chi connectivity index (χ0n) is 9.68. The summed E-state index contributed by atoms with van der Waals surface area (Å²) in [4.78, 5) is 1.25. The molecule has 0 atom stereocenters. The van der Waals surface area contributed by atoms with Gasteiger partial charge in [0.2, 0.25) is 0 Å². The van der Waals surface area contributed by atoms with E-state index in [0.29, 0.717) is 5.69 Å². The molecule has 3 heteroatoms. The summed E-state index contributed by atoms with van der Waals surface area (Å²) in [5.41, 5.74) is 8.47. The molecule has 0 aromatic heterocycles. The van der Waals surface area contributed by atoms with Crippen molar-refractivity contribution in [3.63, 3.8) is 0 Å². The van der Waals surface area contributed by atoms with Crippen LogP contribution in [0.15, 0.2) is 47.4 Å². The van der Waals surface area contributed by atoms with E-state index in [-0.39, 0.29) is 5.75 Å². The Kier molecular flexibility index (Phi) is 3.59. The quantitative estimate of drug-likeness (QED) is 0.493. The number of rotatable bonds is 3. The summed E-state index contributed by atoms with van der Waals surface area (Å²) >= 11 is 1.77. The summed E-state index contributed by atoms with van der Waals surface area (Å²) in [6.45, 7) is 2.09. The molecular formula is C14H15NOS. The third-order valence-electron chi connectivity index (χ3n) is 2.49. The highest BCUT2D eigenvalue weighted by Crippen LogP contribution is 2.27. The first-order valence-electron chi connectivity index (χ1n) is 5.42. The molecule has 0 saturated carbocycles. The number of aromatic hydroxyl groups is 1. The summed E-state index contributed by atoms with van der Waals surface area (Å²) in [5, 5.41) is 9.33. The molecule has 0 unspecified atom stereocenters. The summed E-state index contributed by atoms with van der Waals surface area (Å²) in [6, 6.07) is 13.8. The maximum atomic E-state index is 9.33. The van der Waals surface area contributed by atoms with Crippen molar-refractivity contribution in [2.75, 3.05) is 5.73 Å². The first kappa shape index (κ1) is 11.9. The minimum atomic E-state index is 0.148. The second kappa shape index (κ2) is 5.15. The minimum absolute atomic E-state index is 0.148. The Morgan fingerprint density at radius 1 is 1.18 bits per heavy atom. The zero-order valence-corrected chi connectivity index (χ0v) is 10.5. The molecule has 0 aliphatic rings. The van der Waals surface area contributed by atoms with E-state index >= 15 is 0 Å². The second-order valence-electron chi connectivity index (χ2n) is 4.00. The standard InChI is InChI=1S/C14H15NOS/c1-10-3-2-4-12(7-10)17-9-11-5-6-14(16)13(15)8-11/h2-8,16H,9,15H2,1H3. The van der Waals surface area contributed by atoms with Gasteiger partial charge in [-0.3, -0.25) is 0 Å². The van der Waals surface area contributed by atoms with Crippen molar-refractivity contribution in [2.45, 2.75) is 17.6 Å². The predicted octanol–water partition coefficient (Wildman–Crippen LogP) is 3.58. The maximum absolute atomic E-state index is 9.33. The molecule has 2 aromatic carbocycles. The lowest BCUT2D eigenvalue weighted by molar-refractivity contribution is 0.478. The number of thioether (sulfide) groups is 1. The lowest BCUT2D eigenvalue weighted by Crippen LogP contribution is -1.88. The highest BCUT2D eigenvalue weighted by atomic mass is 32.2. The Morgan fingerprint density at radius 3 is 2.71 bits per heavy atom. The number of hydrogen-bond acceptors (Lipinski definition) is 3. The largest absolute Gasteiger partial charge is 0.506 e. The van der Waals surface area contributed by atoms with Crippen LogP contribution >= 0.6 is 11.8 Å². The van der Waals surface area contributed by atoms with E-state index in [1.807, 2.05) is 12.1 Å². The predicted molar refractivity (Wildman–Crippen MR) is 73.3 cm³/mol. The van der Waals surface area contributed by atoms with Gasteiger partial charge in [-0.1, -0.05) is 23.8 Å². The SMILES string of the molecule is Cc1cccc(SCc2ccc(O)c(N)c2)c1. The van der Waals surface area contributed by atoms with Crippen LogP contribution in [0.2, 0.25) is 0 Å². The molecule has 0 fully saturated rings. The molecule has 0 radical (unpaired) electrons. The van der Waals surface area contributed by atoms with Crippen LogP contribution in [0, 0.1) is 6.92 Å². The number of benzene rings is 2. The van der Waals surface area contributed by atoms with Crippen molar-refractivity contribution in [1.29, 1.82) is 0 Å². The van der Waals surface area contributed by atoms with Gasteiger partial charge < -0.3 is 10.8 Å². The summed E-state index contributed by atoms with van der Waals surface area (Å²) in [7, 11) is 0. The zero-order chi connectivity index (χ0) is 12.3. The summed E-state index contributed by atoms with van der Waals surface area (Å²) < 4.78 is 0. The number of hydrogen-bond donors (Lipinski definition) is 2. The van der Waals surface area contributed by atoms with Crippen molar-refractivity contribution in [2.24, 2.45) is 0 Å². The molecule has 0 heterocycles. The van der Waals surface area contributed by atoms with Gasteiger partial charge in [-0.05, 0) is 36.8 Å². The minimum Gasteiger partial charge on any atom is -0.506 e. The van der Waals surface area contributed by atoms with E-state index in [0.717, 1.165) is 11.3 Å². The summed E-state index contributed by atoms with van der Waals surface area (Å²) in [6.07, 6.45) is 0. The van der Waals surface area contributed by atoms with Gasteiger partial charge in [-0.2, -0.15) is 0 Å². The third-order valence-corrected chi connectivity index (χ3v) is 3.55. The molecule has 2 aromatic rings. The third kappa shape index (κ3) is 3.17. The lowest BCUT2D eigenvalue weighted by Gasteiger charge is -2.05. The van der Waals surface area contributed by atoms with Gasteiger partial charge in [-0.15, -0.1) is 11.8 Å². The Bertz CT molecular complexity index is 525. The fourth-order valence-corrected chi connectivity index (χ4v) is 2.52. The Labute approximate surface area is 105 Å². The molecule has 0 saturated heterocycles. The molecule has 0 spiro atoms. The van der Waals surface area contributed by atoms with E-state index in [1.165, 1.54) is 10.5 Å². The van der Waals surface area contributed by atoms with Crippen LogP contribution in [0.1, 0.15) is 11.1 Å². The van der Waals surface area contributed by atoms with Crippen molar-refractivity contribution in [1.82, 2.24) is 0 Å². The topological polar surface area (TPSA) is 46.2 Å². The normalized spacial score (nSPS) is 10.4. The Balaban J connectivity index is 2.05. The van der Waals surface area contributed by atoms with Crippen LogP contribution in [0.25, 0.3) is 0 Å². The van der Waals surface area contributed by atoms with Crippen molar-refractivity contribution < 1.29 is 5.11 Å². The second-order valence-corrected chi connectivity index (χ2v) is 5.05. The number of anilines is 1. The average molecular weight is 245 g/mol. The van der Waals surface area contributed by atoms with Gasteiger partial charge >= 0.3 is 0 Å². The first-order valence-corrected chi connectivity index (χ1v) is 6.40.